The van der Waals surface area contributed by atoms with Gasteiger partial charge < -0.3 is 14.9 Å². The normalized spacial score (nSPS) is 30.2. The van der Waals surface area contributed by atoms with Gasteiger partial charge in [-0.3, -0.25) is 4.79 Å². The number of aliphatic hydroxyl groups is 2. The van der Waals surface area contributed by atoms with Gasteiger partial charge in [0.2, 0.25) is 0 Å². The van der Waals surface area contributed by atoms with Crippen molar-refractivity contribution in [3.05, 3.63) is 58.8 Å². The van der Waals surface area contributed by atoms with Crippen molar-refractivity contribution in [3.8, 4) is 0 Å². The number of aliphatic hydroxyl groups excluding tert-OH is 2. The lowest BCUT2D eigenvalue weighted by Gasteiger charge is -2.28. The number of hydrogen-bond acceptors (Lipinski definition) is 7. The molecule has 4 atom stereocenters. The average Bonchev–Trinajstić information content (AvgIpc) is 3.24. The topological polar surface area (TPSA) is 98.0 Å². The van der Waals surface area contributed by atoms with E-state index in [1.54, 1.807) is 30.5 Å². The van der Waals surface area contributed by atoms with Crippen LogP contribution in [0.15, 0.2) is 63.5 Å². The molecule has 1 amide bonds. The number of alkyl halides is 1. The van der Waals surface area contributed by atoms with Crippen LogP contribution in [0.3, 0.4) is 0 Å². The van der Waals surface area contributed by atoms with E-state index < -0.39 is 31.2 Å². The third kappa shape index (κ3) is 3.06. The Kier molecular flexibility index (Phi) is 4.73. The summed E-state index contributed by atoms with van der Waals surface area (Å²) < 4.78 is 20.1. The van der Waals surface area contributed by atoms with Crippen molar-refractivity contribution < 1.29 is 24.1 Å². The summed E-state index contributed by atoms with van der Waals surface area (Å²) in [5, 5.41) is 30.8. The molecular formula is C21H21FN4O4. The molecule has 0 aromatic heterocycles. The number of halogens is 1. The van der Waals surface area contributed by atoms with Crippen LogP contribution in [-0.4, -0.2) is 75.8 Å². The number of ether oxygens (including phenoxy) is 1. The van der Waals surface area contributed by atoms with Crippen molar-refractivity contribution in [2.45, 2.75) is 37.4 Å². The fourth-order valence-electron chi connectivity index (χ4n) is 4.25. The Bertz CT molecular complexity index is 990. The average molecular weight is 412 g/mol. The molecule has 4 aliphatic rings. The summed E-state index contributed by atoms with van der Waals surface area (Å²) in [6, 6.07) is 8.94. The lowest BCUT2D eigenvalue weighted by Crippen LogP contribution is -2.38. The summed E-state index contributed by atoms with van der Waals surface area (Å²) >= 11 is 0. The fraction of sp³-hybridized carbons (Fsp3) is 0.381. The third-order valence-electron chi connectivity index (χ3n) is 5.79. The Morgan fingerprint density at radius 2 is 2.07 bits per heavy atom. The highest BCUT2D eigenvalue weighted by Gasteiger charge is 2.47. The second-order valence-electron chi connectivity index (χ2n) is 7.65. The molecule has 156 valence electrons. The molecule has 1 fully saturated rings. The highest BCUT2D eigenvalue weighted by Crippen LogP contribution is 2.38. The van der Waals surface area contributed by atoms with Gasteiger partial charge >= 0.3 is 0 Å². The minimum atomic E-state index is -1.71. The van der Waals surface area contributed by atoms with Crippen molar-refractivity contribution in [1.82, 2.24) is 10.0 Å². The minimum absolute atomic E-state index is 0.203. The molecule has 8 nitrogen and oxygen atoms in total. The van der Waals surface area contributed by atoms with Gasteiger partial charge in [0.05, 0.1) is 19.4 Å². The molecule has 0 unspecified atom stereocenters. The largest absolute Gasteiger partial charge is 0.394 e. The van der Waals surface area contributed by atoms with Gasteiger partial charge in [-0.2, -0.15) is 10.2 Å². The molecule has 1 aromatic rings. The molecule has 2 N–H and O–H groups in total. The zero-order valence-electron chi connectivity index (χ0n) is 16.1. The molecule has 1 aliphatic carbocycles. The van der Waals surface area contributed by atoms with E-state index in [1.807, 2.05) is 6.07 Å². The van der Waals surface area contributed by atoms with E-state index in [4.69, 9.17) is 4.74 Å². The Hall–Kier alpha value is -2.88. The molecule has 0 radical (unpaired) electrons. The van der Waals surface area contributed by atoms with Crippen LogP contribution in [0.2, 0.25) is 0 Å². The second kappa shape index (κ2) is 7.42. The molecule has 1 saturated heterocycles. The number of amides is 1. The van der Waals surface area contributed by atoms with Crippen LogP contribution in [0.25, 0.3) is 0 Å². The molecule has 9 heteroatoms. The van der Waals surface area contributed by atoms with E-state index in [-0.39, 0.29) is 5.91 Å². The van der Waals surface area contributed by atoms with Crippen molar-refractivity contribution in [2.75, 3.05) is 13.2 Å². The second-order valence-corrected chi connectivity index (χ2v) is 7.65. The quantitative estimate of drug-likeness (QED) is 0.777. The van der Waals surface area contributed by atoms with E-state index >= 15 is 0 Å². The number of hydrogen-bond donors (Lipinski definition) is 2. The van der Waals surface area contributed by atoms with Crippen LogP contribution < -0.4 is 0 Å². The third-order valence-corrected chi connectivity index (χ3v) is 5.79. The van der Waals surface area contributed by atoms with E-state index in [0.29, 0.717) is 17.8 Å². The van der Waals surface area contributed by atoms with E-state index in [9.17, 15) is 19.4 Å². The first-order valence-corrected chi connectivity index (χ1v) is 9.86. The van der Waals surface area contributed by atoms with Crippen LogP contribution in [0, 0.1) is 0 Å². The molecule has 0 bridgehead atoms. The highest BCUT2D eigenvalue weighted by atomic mass is 19.1. The Labute approximate surface area is 172 Å². The van der Waals surface area contributed by atoms with Gasteiger partial charge in [0.15, 0.2) is 12.4 Å². The molecule has 3 aliphatic heterocycles. The zero-order valence-corrected chi connectivity index (χ0v) is 16.1. The van der Waals surface area contributed by atoms with E-state index in [1.165, 1.54) is 16.2 Å². The molecule has 3 heterocycles. The molecule has 0 spiro atoms. The lowest BCUT2D eigenvalue weighted by atomic mass is 10.0. The number of rotatable bonds is 3. The minimum Gasteiger partial charge on any atom is -0.394 e. The fourth-order valence-corrected chi connectivity index (χ4v) is 4.25. The van der Waals surface area contributed by atoms with Crippen LogP contribution >= 0.6 is 0 Å². The van der Waals surface area contributed by atoms with Crippen LogP contribution in [0.4, 0.5) is 4.39 Å². The standard InChI is InChI=1S/C21H21FN4O4/c22-18-19(28)16(11-27)30-21(18)26-10-14-7-6-13-9-25(23-8-15(24-26)17(13)14)20(29)12-4-2-1-3-5-12/h1-5,8,10,16,18-19,21,27-28H,6-7,9,11H2/t16-,18-,19-,21-/m1/s1. The van der Waals surface area contributed by atoms with Gasteiger partial charge in [-0.15, -0.1) is 0 Å². The van der Waals surface area contributed by atoms with Gasteiger partial charge in [-0.25, -0.2) is 14.4 Å². The summed E-state index contributed by atoms with van der Waals surface area (Å²) in [6.45, 7) is -0.112. The van der Waals surface area contributed by atoms with Crippen LogP contribution in [0.1, 0.15) is 23.2 Å². The maximum Gasteiger partial charge on any atom is 0.274 e. The maximum absolute atomic E-state index is 14.6. The zero-order chi connectivity index (χ0) is 20.8. The SMILES string of the molecule is O=C(c1ccccc1)N1CC2=C3C(=CN([C@@H]4O[C@H](CO)[C@@H](O)[C@H]4F)N=C3C=N1)CC2. The van der Waals surface area contributed by atoms with Crippen LogP contribution in [-0.2, 0) is 4.74 Å². The van der Waals surface area contributed by atoms with Gasteiger partial charge in [-0.05, 0) is 36.1 Å². The van der Waals surface area contributed by atoms with Crippen molar-refractivity contribution in [3.63, 3.8) is 0 Å². The molecule has 5 rings (SSSR count). The number of carbonyl (C=O) groups excluding carboxylic acids is 1. The molecular weight excluding hydrogens is 391 g/mol. The Morgan fingerprint density at radius 3 is 2.80 bits per heavy atom. The number of nitrogens with zero attached hydrogens (tertiary/aromatic N) is 4. The van der Waals surface area contributed by atoms with Gasteiger partial charge in [0.25, 0.3) is 5.91 Å². The summed E-state index contributed by atoms with van der Waals surface area (Å²) in [7, 11) is 0. The predicted molar refractivity (Wildman–Crippen MR) is 106 cm³/mol. The predicted octanol–water partition coefficient (Wildman–Crippen LogP) is 1.19. The maximum atomic E-state index is 14.6. The number of benzene rings is 1. The van der Waals surface area contributed by atoms with Crippen molar-refractivity contribution in [2.24, 2.45) is 10.2 Å². The van der Waals surface area contributed by atoms with Gasteiger partial charge in [0.1, 0.15) is 17.9 Å². The number of allylic oxidation sites excluding steroid dienone is 2. The first-order valence-electron chi connectivity index (χ1n) is 9.86. The number of hydrazone groups is 2. The molecule has 0 saturated carbocycles. The summed E-state index contributed by atoms with van der Waals surface area (Å²) in [6.07, 6.45) is -0.554. The van der Waals surface area contributed by atoms with Crippen molar-refractivity contribution in [1.29, 1.82) is 0 Å². The van der Waals surface area contributed by atoms with Crippen LogP contribution in [0.5, 0.6) is 0 Å². The van der Waals surface area contributed by atoms with E-state index in [2.05, 4.69) is 10.2 Å². The van der Waals surface area contributed by atoms with Crippen molar-refractivity contribution >= 4 is 17.8 Å². The summed E-state index contributed by atoms with van der Waals surface area (Å²) in [5.74, 6) is -0.203. The van der Waals surface area contributed by atoms with E-state index in [0.717, 1.165) is 29.6 Å². The smallest absolute Gasteiger partial charge is 0.274 e. The summed E-state index contributed by atoms with van der Waals surface area (Å²) in [5.41, 5.74) is 4.03. The first kappa shape index (κ1) is 19.1. The first-order chi connectivity index (χ1) is 14.6. The molecule has 30 heavy (non-hydrogen) atoms. The highest BCUT2D eigenvalue weighted by molar-refractivity contribution is 6.40. The Morgan fingerprint density at radius 1 is 1.27 bits per heavy atom. The van der Waals surface area contributed by atoms with Gasteiger partial charge in [0, 0.05) is 17.3 Å². The molecule has 1 aromatic carbocycles. The van der Waals surface area contributed by atoms with Gasteiger partial charge in [-0.1, -0.05) is 18.2 Å². The lowest BCUT2D eigenvalue weighted by molar-refractivity contribution is -0.0707. The Balaban J connectivity index is 1.45. The number of carbonyl (C=O) groups is 1. The monoisotopic (exact) mass is 412 g/mol. The summed E-state index contributed by atoms with van der Waals surface area (Å²) in [4.78, 5) is 12.9.